The van der Waals surface area contributed by atoms with Gasteiger partial charge in [0, 0.05) is 37.9 Å². The van der Waals surface area contributed by atoms with E-state index in [4.69, 9.17) is 0 Å². The molecule has 0 spiro atoms. The number of nitrogens with zero attached hydrogens (tertiary/aromatic N) is 3. The molecule has 1 aliphatic carbocycles. The van der Waals surface area contributed by atoms with Gasteiger partial charge in [-0.1, -0.05) is 6.07 Å². The first-order chi connectivity index (χ1) is 13.2. The molecule has 0 radical (unpaired) electrons. The zero-order chi connectivity index (χ0) is 18.4. The molecular weight excluding hydrogens is 342 g/mol. The molecule has 4 saturated heterocycles. The monoisotopic (exact) mass is 369 g/mol. The first-order valence-corrected chi connectivity index (χ1v) is 10.2. The molecule has 6 rings (SSSR count). The second-order valence-electron chi connectivity index (χ2n) is 8.53. The van der Waals surface area contributed by atoms with Gasteiger partial charge in [0.25, 0.3) is 5.91 Å². The van der Waals surface area contributed by atoms with Gasteiger partial charge in [0.1, 0.15) is 11.7 Å². The average Bonchev–Trinajstić information content (AvgIpc) is 3.51. The Bertz CT molecular complexity index is 722. The summed E-state index contributed by atoms with van der Waals surface area (Å²) in [5.41, 5.74) is 7.05. The van der Waals surface area contributed by atoms with Crippen LogP contribution in [-0.4, -0.2) is 64.4 Å². The number of hydrogen-bond acceptors (Lipinski definition) is 5. The minimum absolute atomic E-state index is 0.0174. The van der Waals surface area contributed by atoms with Crippen LogP contribution in [0.25, 0.3) is 0 Å². The highest BCUT2D eigenvalue weighted by molar-refractivity contribution is 5.92. The number of amides is 2. The maximum atomic E-state index is 13.2. The van der Waals surface area contributed by atoms with Crippen LogP contribution in [0, 0.1) is 11.8 Å². The van der Waals surface area contributed by atoms with Crippen molar-refractivity contribution in [1.29, 1.82) is 0 Å². The van der Waals surface area contributed by atoms with Crippen molar-refractivity contribution in [1.82, 2.24) is 25.6 Å². The number of carbonyl (C=O) groups excluding carboxylic acids is 2. The van der Waals surface area contributed by atoms with Crippen LogP contribution < -0.4 is 10.9 Å². The summed E-state index contributed by atoms with van der Waals surface area (Å²) >= 11 is 0. The van der Waals surface area contributed by atoms with Crippen LogP contribution in [0.4, 0.5) is 0 Å². The van der Waals surface area contributed by atoms with Gasteiger partial charge in [-0.3, -0.25) is 20.0 Å². The van der Waals surface area contributed by atoms with E-state index in [0.717, 1.165) is 38.3 Å². The second-order valence-corrected chi connectivity index (χ2v) is 8.53. The first kappa shape index (κ1) is 17.1. The summed E-state index contributed by atoms with van der Waals surface area (Å²) in [5, 5.41) is 0. The van der Waals surface area contributed by atoms with E-state index in [-0.39, 0.29) is 23.9 Å². The SMILES string of the molecule is O=C(c1ccccn1)N1C[C@@H]2CC[C@H](C1)N(C(=O)C1CC(C3CC3)NN1)C2. The number of rotatable bonds is 3. The summed E-state index contributed by atoms with van der Waals surface area (Å²) in [4.78, 5) is 34.2. The molecule has 5 aliphatic rings. The minimum atomic E-state index is -0.130. The molecule has 0 aromatic carbocycles. The third-order valence-electron chi connectivity index (χ3n) is 6.59. The zero-order valence-electron chi connectivity index (χ0n) is 15.5. The van der Waals surface area contributed by atoms with E-state index in [1.807, 2.05) is 17.0 Å². The van der Waals surface area contributed by atoms with Gasteiger partial charge in [-0.15, -0.1) is 0 Å². The molecule has 7 heteroatoms. The van der Waals surface area contributed by atoms with Crippen molar-refractivity contribution < 1.29 is 9.59 Å². The molecule has 2 bridgehead atoms. The third-order valence-corrected chi connectivity index (χ3v) is 6.59. The van der Waals surface area contributed by atoms with Gasteiger partial charge in [0.05, 0.1) is 0 Å². The molecule has 4 atom stereocenters. The Hall–Kier alpha value is -1.99. The predicted molar refractivity (Wildman–Crippen MR) is 99.6 cm³/mol. The van der Waals surface area contributed by atoms with E-state index >= 15 is 0 Å². The average molecular weight is 369 g/mol. The van der Waals surface area contributed by atoms with Gasteiger partial charge >= 0.3 is 0 Å². The smallest absolute Gasteiger partial charge is 0.272 e. The number of piperidine rings is 1. The van der Waals surface area contributed by atoms with Gasteiger partial charge in [0.15, 0.2) is 0 Å². The van der Waals surface area contributed by atoms with Crippen LogP contribution in [0.5, 0.6) is 0 Å². The zero-order valence-corrected chi connectivity index (χ0v) is 15.5. The van der Waals surface area contributed by atoms with Crippen molar-refractivity contribution in [3.05, 3.63) is 30.1 Å². The number of fused-ring (bicyclic) bond motifs is 4. The Morgan fingerprint density at radius 1 is 1.04 bits per heavy atom. The lowest BCUT2D eigenvalue weighted by Crippen LogP contribution is -2.53. The molecule has 7 nitrogen and oxygen atoms in total. The van der Waals surface area contributed by atoms with Crippen molar-refractivity contribution >= 4 is 11.8 Å². The normalized spacial score (nSPS) is 33.2. The second kappa shape index (κ2) is 6.87. The molecule has 2 amide bonds. The van der Waals surface area contributed by atoms with E-state index in [1.165, 1.54) is 12.8 Å². The van der Waals surface area contributed by atoms with Crippen molar-refractivity contribution in [3.8, 4) is 0 Å². The van der Waals surface area contributed by atoms with E-state index in [9.17, 15) is 9.59 Å². The van der Waals surface area contributed by atoms with Crippen LogP contribution in [-0.2, 0) is 4.79 Å². The lowest BCUT2D eigenvalue weighted by molar-refractivity contribution is -0.137. The van der Waals surface area contributed by atoms with Crippen molar-refractivity contribution in [2.24, 2.45) is 11.8 Å². The standard InChI is InChI=1S/C20H27N5O2/c26-19(16-3-1-2-8-21-16)24-10-13-4-7-15(12-24)25(11-13)20(27)18-9-17(22-23-18)14-5-6-14/h1-3,8,13-15,17-18,22-23H,4-7,9-12H2/t13-,15+,17?,18?/m0/s1. The maximum Gasteiger partial charge on any atom is 0.272 e. The molecular formula is C20H27N5O2. The number of nitrogens with one attached hydrogen (secondary N) is 2. The summed E-state index contributed by atoms with van der Waals surface area (Å²) in [5.74, 6) is 1.28. The molecule has 1 aromatic heterocycles. The summed E-state index contributed by atoms with van der Waals surface area (Å²) in [6.07, 6.45) is 7.16. The lowest BCUT2D eigenvalue weighted by Gasteiger charge is -2.37. The molecule has 144 valence electrons. The van der Waals surface area contributed by atoms with E-state index in [1.54, 1.807) is 12.3 Å². The van der Waals surface area contributed by atoms with Crippen LogP contribution in [0.15, 0.2) is 24.4 Å². The van der Waals surface area contributed by atoms with Crippen molar-refractivity contribution in [2.45, 2.75) is 50.2 Å². The highest BCUT2D eigenvalue weighted by Crippen LogP contribution is 2.36. The van der Waals surface area contributed by atoms with Gasteiger partial charge in [-0.05, 0) is 56.1 Å². The molecule has 2 N–H and O–H groups in total. The van der Waals surface area contributed by atoms with Gasteiger partial charge in [0.2, 0.25) is 5.91 Å². The van der Waals surface area contributed by atoms with Gasteiger partial charge in [-0.25, -0.2) is 5.43 Å². The predicted octanol–water partition coefficient (Wildman–Crippen LogP) is 0.790. The van der Waals surface area contributed by atoms with E-state index in [0.29, 0.717) is 24.2 Å². The summed E-state index contributed by atoms with van der Waals surface area (Å²) in [6, 6.07) is 5.86. The fraction of sp³-hybridized carbons (Fsp3) is 0.650. The topological polar surface area (TPSA) is 77.6 Å². The lowest BCUT2D eigenvalue weighted by atomic mass is 9.93. The van der Waals surface area contributed by atoms with Crippen LogP contribution in [0.3, 0.4) is 0 Å². The summed E-state index contributed by atoms with van der Waals surface area (Å²) in [7, 11) is 0. The number of carbonyl (C=O) groups is 2. The highest BCUT2D eigenvalue weighted by atomic mass is 16.2. The van der Waals surface area contributed by atoms with Crippen LogP contribution >= 0.6 is 0 Å². The third kappa shape index (κ3) is 3.34. The molecule has 1 aromatic rings. The summed E-state index contributed by atoms with van der Waals surface area (Å²) in [6.45, 7) is 2.10. The quantitative estimate of drug-likeness (QED) is 0.824. The van der Waals surface area contributed by atoms with E-state index in [2.05, 4.69) is 20.7 Å². The van der Waals surface area contributed by atoms with Crippen LogP contribution in [0.2, 0.25) is 0 Å². The molecule has 27 heavy (non-hydrogen) atoms. The minimum Gasteiger partial charge on any atom is -0.336 e. The summed E-state index contributed by atoms with van der Waals surface area (Å²) < 4.78 is 0. The number of hydrazine groups is 1. The number of hydrogen-bond donors (Lipinski definition) is 2. The Kier molecular flexibility index (Phi) is 4.36. The van der Waals surface area contributed by atoms with Crippen LogP contribution in [0.1, 0.15) is 42.6 Å². The first-order valence-electron chi connectivity index (χ1n) is 10.2. The molecule has 5 heterocycles. The largest absolute Gasteiger partial charge is 0.336 e. The van der Waals surface area contributed by atoms with Crippen molar-refractivity contribution in [3.63, 3.8) is 0 Å². The van der Waals surface area contributed by atoms with E-state index < -0.39 is 0 Å². The van der Waals surface area contributed by atoms with Gasteiger partial charge < -0.3 is 9.80 Å². The fourth-order valence-electron chi connectivity index (χ4n) is 4.92. The van der Waals surface area contributed by atoms with Crippen molar-refractivity contribution in [2.75, 3.05) is 19.6 Å². The maximum absolute atomic E-state index is 13.2. The number of pyridine rings is 1. The molecule has 1 saturated carbocycles. The number of aromatic nitrogens is 1. The Labute approximate surface area is 159 Å². The highest BCUT2D eigenvalue weighted by Gasteiger charge is 2.44. The molecule has 2 unspecified atom stereocenters. The molecule has 4 aliphatic heterocycles. The fourth-order valence-corrected chi connectivity index (χ4v) is 4.92. The molecule has 5 fully saturated rings. The Morgan fingerprint density at radius 3 is 2.70 bits per heavy atom. The van der Waals surface area contributed by atoms with Gasteiger partial charge in [-0.2, -0.15) is 0 Å². The Morgan fingerprint density at radius 2 is 1.93 bits per heavy atom. The Balaban J connectivity index is 1.28.